The first-order chi connectivity index (χ1) is 13.1. The quantitative estimate of drug-likeness (QED) is 0.464. The summed E-state index contributed by atoms with van der Waals surface area (Å²) in [6.07, 6.45) is 0. The van der Waals surface area contributed by atoms with Gasteiger partial charge in [0, 0.05) is 5.56 Å². The van der Waals surface area contributed by atoms with Gasteiger partial charge in [-0.3, -0.25) is 0 Å². The van der Waals surface area contributed by atoms with E-state index in [1.807, 2.05) is 24.3 Å². The van der Waals surface area contributed by atoms with Gasteiger partial charge in [0.15, 0.2) is 0 Å². The van der Waals surface area contributed by atoms with Gasteiger partial charge in [0.25, 0.3) is 0 Å². The highest BCUT2D eigenvalue weighted by Gasteiger charge is 2.15. The maximum Gasteiger partial charge on any atom is 0.237 e. The van der Waals surface area contributed by atoms with Crippen LogP contribution in [0.5, 0.6) is 0 Å². The first kappa shape index (κ1) is 17.7. The number of hydrogen-bond acceptors (Lipinski definition) is 7. The van der Waals surface area contributed by atoms with E-state index in [1.54, 1.807) is 10.7 Å². The Hall–Kier alpha value is -2.71. The minimum absolute atomic E-state index is 0.447. The SMILES string of the molecule is Cc1ccc(-n2nnnc2SCc2nc(-c3ccccc3Cl)no2)cc1C. The molecule has 4 aromatic rings. The molecule has 2 heterocycles. The van der Waals surface area contributed by atoms with Crippen molar-refractivity contribution in [2.45, 2.75) is 24.8 Å². The van der Waals surface area contributed by atoms with Crippen LogP contribution < -0.4 is 0 Å². The van der Waals surface area contributed by atoms with Crippen LogP contribution in [0.25, 0.3) is 17.1 Å². The summed E-state index contributed by atoms with van der Waals surface area (Å²) in [5.74, 6) is 1.39. The van der Waals surface area contributed by atoms with Crippen molar-refractivity contribution in [3.63, 3.8) is 0 Å². The van der Waals surface area contributed by atoms with E-state index in [9.17, 15) is 0 Å². The summed E-state index contributed by atoms with van der Waals surface area (Å²) in [5, 5.41) is 17.2. The van der Waals surface area contributed by atoms with Crippen molar-refractivity contribution in [1.29, 1.82) is 0 Å². The van der Waals surface area contributed by atoms with E-state index >= 15 is 0 Å². The fourth-order valence-electron chi connectivity index (χ4n) is 2.48. The summed E-state index contributed by atoms with van der Waals surface area (Å²) in [5.41, 5.74) is 4.05. The van der Waals surface area contributed by atoms with E-state index in [0.717, 1.165) is 11.3 Å². The van der Waals surface area contributed by atoms with Crippen molar-refractivity contribution < 1.29 is 4.52 Å². The minimum Gasteiger partial charge on any atom is -0.338 e. The summed E-state index contributed by atoms with van der Waals surface area (Å²) in [6.45, 7) is 4.13. The van der Waals surface area contributed by atoms with Crippen molar-refractivity contribution in [3.8, 4) is 17.1 Å². The number of thioether (sulfide) groups is 1. The van der Waals surface area contributed by atoms with Gasteiger partial charge in [-0.05, 0) is 59.7 Å². The van der Waals surface area contributed by atoms with Crippen molar-refractivity contribution in [3.05, 3.63) is 64.5 Å². The topological polar surface area (TPSA) is 82.5 Å². The largest absolute Gasteiger partial charge is 0.338 e. The molecule has 0 amide bonds. The number of benzene rings is 2. The van der Waals surface area contributed by atoms with E-state index < -0.39 is 0 Å². The number of nitrogens with zero attached hydrogens (tertiary/aromatic N) is 6. The molecule has 0 radical (unpaired) electrons. The average molecular weight is 399 g/mol. The second kappa shape index (κ2) is 7.50. The Morgan fingerprint density at radius 1 is 1.11 bits per heavy atom. The van der Waals surface area contributed by atoms with Crippen LogP contribution in [-0.4, -0.2) is 30.3 Å². The Labute approximate surface area is 164 Å². The monoisotopic (exact) mass is 398 g/mol. The molecule has 0 fully saturated rings. The van der Waals surface area contributed by atoms with E-state index in [4.69, 9.17) is 16.1 Å². The molecule has 7 nitrogen and oxygen atoms in total. The molecule has 0 atom stereocenters. The van der Waals surface area contributed by atoms with Crippen LogP contribution in [0.2, 0.25) is 5.02 Å². The summed E-state index contributed by atoms with van der Waals surface area (Å²) in [4.78, 5) is 4.41. The lowest BCUT2D eigenvalue weighted by atomic mass is 10.1. The van der Waals surface area contributed by atoms with Gasteiger partial charge in [0.1, 0.15) is 0 Å². The molecule has 0 N–H and O–H groups in total. The highest BCUT2D eigenvalue weighted by molar-refractivity contribution is 7.98. The average Bonchev–Trinajstić information content (AvgIpc) is 3.32. The molecule has 4 rings (SSSR count). The number of tetrazole rings is 1. The van der Waals surface area contributed by atoms with Crippen LogP contribution in [0.4, 0.5) is 0 Å². The maximum absolute atomic E-state index is 6.18. The van der Waals surface area contributed by atoms with Crippen molar-refractivity contribution in [2.24, 2.45) is 0 Å². The maximum atomic E-state index is 6.18. The van der Waals surface area contributed by atoms with Gasteiger partial charge in [-0.15, -0.1) is 5.10 Å². The Bertz CT molecular complexity index is 1090. The normalized spacial score (nSPS) is 11.1. The highest BCUT2D eigenvalue weighted by Crippen LogP contribution is 2.27. The molecular weight excluding hydrogens is 384 g/mol. The zero-order valence-corrected chi connectivity index (χ0v) is 16.2. The number of rotatable bonds is 5. The Morgan fingerprint density at radius 3 is 2.78 bits per heavy atom. The van der Waals surface area contributed by atoms with Gasteiger partial charge in [-0.1, -0.05) is 46.7 Å². The fourth-order valence-corrected chi connectivity index (χ4v) is 3.43. The lowest BCUT2D eigenvalue weighted by molar-refractivity contribution is 0.391. The lowest BCUT2D eigenvalue weighted by Crippen LogP contribution is -2.00. The van der Waals surface area contributed by atoms with E-state index in [0.29, 0.717) is 27.6 Å². The highest BCUT2D eigenvalue weighted by atomic mass is 35.5. The summed E-state index contributed by atoms with van der Waals surface area (Å²) >= 11 is 7.60. The first-order valence-corrected chi connectivity index (χ1v) is 9.54. The Morgan fingerprint density at radius 2 is 1.96 bits per heavy atom. The van der Waals surface area contributed by atoms with Crippen molar-refractivity contribution in [2.75, 3.05) is 0 Å². The number of aromatic nitrogens is 6. The van der Waals surface area contributed by atoms with Gasteiger partial charge in [0.05, 0.1) is 16.5 Å². The molecule has 0 spiro atoms. The zero-order valence-electron chi connectivity index (χ0n) is 14.6. The Balaban J connectivity index is 1.51. The molecular formula is C18H15ClN6OS. The third kappa shape index (κ3) is 3.72. The molecule has 2 aromatic heterocycles. The number of aryl methyl sites for hydroxylation is 2. The van der Waals surface area contributed by atoms with Crippen LogP contribution in [0.15, 0.2) is 52.1 Å². The molecule has 0 saturated carbocycles. The van der Waals surface area contributed by atoms with Crippen LogP contribution in [0.1, 0.15) is 17.0 Å². The fraction of sp³-hybridized carbons (Fsp3) is 0.167. The van der Waals surface area contributed by atoms with Crippen molar-refractivity contribution in [1.82, 2.24) is 30.3 Å². The molecule has 136 valence electrons. The number of halogens is 1. The summed E-state index contributed by atoms with van der Waals surface area (Å²) < 4.78 is 7.03. The van der Waals surface area contributed by atoms with Gasteiger partial charge < -0.3 is 4.52 Å². The van der Waals surface area contributed by atoms with E-state index in [2.05, 4.69) is 51.6 Å². The van der Waals surface area contributed by atoms with Crippen molar-refractivity contribution >= 4 is 23.4 Å². The second-order valence-corrected chi connectivity index (χ2v) is 7.27. The number of hydrogen-bond donors (Lipinski definition) is 0. The molecule has 9 heteroatoms. The molecule has 0 aliphatic rings. The molecule has 27 heavy (non-hydrogen) atoms. The zero-order chi connectivity index (χ0) is 18.8. The van der Waals surface area contributed by atoms with Gasteiger partial charge in [-0.25, -0.2) is 0 Å². The van der Waals surface area contributed by atoms with E-state index in [-0.39, 0.29) is 0 Å². The summed E-state index contributed by atoms with van der Waals surface area (Å²) in [7, 11) is 0. The third-order valence-electron chi connectivity index (χ3n) is 4.08. The van der Waals surface area contributed by atoms with Crippen LogP contribution in [0.3, 0.4) is 0 Å². The second-order valence-electron chi connectivity index (χ2n) is 5.92. The Kier molecular flexibility index (Phi) is 4.91. The van der Waals surface area contributed by atoms with Crippen LogP contribution in [-0.2, 0) is 5.75 Å². The van der Waals surface area contributed by atoms with Gasteiger partial charge in [-0.2, -0.15) is 9.67 Å². The molecule has 0 bridgehead atoms. The summed E-state index contributed by atoms with van der Waals surface area (Å²) in [6, 6.07) is 13.5. The first-order valence-electron chi connectivity index (χ1n) is 8.18. The minimum atomic E-state index is 0.447. The standard InChI is InChI=1S/C18H15ClN6OS/c1-11-7-8-13(9-12(11)2)25-18(21-23-24-25)27-10-16-20-17(22-26-16)14-5-3-4-6-15(14)19/h3-9H,10H2,1-2H3. The van der Waals surface area contributed by atoms with Crippen LogP contribution in [0, 0.1) is 13.8 Å². The molecule has 0 unspecified atom stereocenters. The van der Waals surface area contributed by atoms with Crippen LogP contribution >= 0.6 is 23.4 Å². The smallest absolute Gasteiger partial charge is 0.237 e. The predicted molar refractivity (Wildman–Crippen MR) is 103 cm³/mol. The third-order valence-corrected chi connectivity index (χ3v) is 5.32. The lowest BCUT2D eigenvalue weighted by Gasteiger charge is -2.06. The van der Waals surface area contributed by atoms with Gasteiger partial charge in [0.2, 0.25) is 16.9 Å². The molecule has 0 aliphatic heterocycles. The predicted octanol–water partition coefficient (Wildman–Crippen LogP) is 4.27. The molecule has 0 saturated heterocycles. The van der Waals surface area contributed by atoms with E-state index in [1.165, 1.54) is 22.9 Å². The molecule has 2 aromatic carbocycles. The van der Waals surface area contributed by atoms with Gasteiger partial charge >= 0.3 is 0 Å². The molecule has 0 aliphatic carbocycles.